The predicted octanol–water partition coefficient (Wildman–Crippen LogP) is 14.1. The van der Waals surface area contributed by atoms with Crippen molar-refractivity contribution in [1.82, 2.24) is 14.1 Å². The van der Waals surface area contributed by atoms with Gasteiger partial charge >= 0.3 is 0 Å². The van der Waals surface area contributed by atoms with E-state index < -0.39 is 0 Å². The van der Waals surface area contributed by atoms with Crippen LogP contribution in [0.4, 0.5) is 0 Å². The molecule has 0 saturated carbocycles. The second-order valence-electron chi connectivity index (χ2n) is 14.3. The van der Waals surface area contributed by atoms with Gasteiger partial charge in [-0.1, -0.05) is 121 Å². The average Bonchev–Trinajstić information content (AvgIpc) is 3.91. The van der Waals surface area contributed by atoms with Gasteiger partial charge in [0.1, 0.15) is 4.83 Å². The number of benzene rings is 8. The molecule has 55 heavy (non-hydrogen) atoms. The summed E-state index contributed by atoms with van der Waals surface area (Å²) >= 11 is 1.77. The minimum atomic E-state index is 1.02. The van der Waals surface area contributed by atoms with Crippen LogP contribution in [0, 0.1) is 0 Å². The molecule has 3 nitrogen and oxygen atoms in total. The maximum absolute atomic E-state index is 5.30. The van der Waals surface area contributed by atoms with E-state index in [0.717, 1.165) is 21.8 Å². The number of nitrogens with zero attached hydrogens (tertiary/aromatic N) is 3. The molecule has 8 aromatic carbocycles. The first-order valence-corrected chi connectivity index (χ1v) is 19.5. The van der Waals surface area contributed by atoms with Crippen LogP contribution in [-0.2, 0) is 0 Å². The highest BCUT2D eigenvalue weighted by atomic mass is 32.1. The third kappa shape index (κ3) is 4.52. The molecule has 0 aliphatic carbocycles. The number of fused-ring (bicyclic) bond motifs is 11. The third-order valence-electron chi connectivity index (χ3n) is 11.3. The number of para-hydroxylation sites is 3. The van der Waals surface area contributed by atoms with Crippen molar-refractivity contribution in [3.8, 4) is 33.8 Å². The van der Waals surface area contributed by atoms with E-state index in [1.54, 1.807) is 11.3 Å². The number of aromatic nitrogens is 3. The summed E-state index contributed by atoms with van der Waals surface area (Å²) in [4.78, 5) is 6.39. The zero-order valence-electron chi connectivity index (χ0n) is 29.6. The van der Waals surface area contributed by atoms with Crippen molar-refractivity contribution in [2.24, 2.45) is 0 Å². The number of hydrogen-bond acceptors (Lipinski definition) is 2. The summed E-state index contributed by atoms with van der Waals surface area (Å²) < 4.78 is 6.04. The average molecular weight is 718 g/mol. The lowest BCUT2D eigenvalue weighted by Gasteiger charge is -2.11. The Hall–Kier alpha value is -7.01. The van der Waals surface area contributed by atoms with Crippen LogP contribution in [0.25, 0.3) is 108 Å². The molecule has 0 aliphatic heterocycles. The Morgan fingerprint density at radius 1 is 0.345 bits per heavy atom. The van der Waals surface area contributed by atoms with Crippen molar-refractivity contribution in [3.05, 3.63) is 188 Å². The van der Waals surface area contributed by atoms with Gasteiger partial charge in [-0.15, -0.1) is 11.3 Å². The molecule has 0 unspecified atom stereocenters. The lowest BCUT2D eigenvalue weighted by molar-refractivity contribution is 1.18. The molecule has 256 valence electrons. The Morgan fingerprint density at radius 3 is 1.45 bits per heavy atom. The van der Waals surface area contributed by atoms with Gasteiger partial charge in [-0.05, 0) is 83.2 Å². The molecular formula is C51H31N3S. The Bertz CT molecular complexity index is 3480. The lowest BCUT2D eigenvalue weighted by Crippen LogP contribution is -1.94. The van der Waals surface area contributed by atoms with Gasteiger partial charge in [0.25, 0.3) is 0 Å². The topological polar surface area (TPSA) is 22.8 Å². The summed E-state index contributed by atoms with van der Waals surface area (Å²) in [7, 11) is 0. The number of hydrogen-bond donors (Lipinski definition) is 0. The molecule has 12 aromatic rings. The van der Waals surface area contributed by atoms with Gasteiger partial charge in [0, 0.05) is 59.3 Å². The largest absolute Gasteiger partial charge is 0.309 e. The Balaban J connectivity index is 0.985. The molecule has 4 heterocycles. The van der Waals surface area contributed by atoms with Crippen molar-refractivity contribution in [2.75, 3.05) is 0 Å². The fourth-order valence-electron chi connectivity index (χ4n) is 8.87. The highest BCUT2D eigenvalue weighted by molar-refractivity contribution is 7.25. The van der Waals surface area contributed by atoms with Crippen molar-refractivity contribution in [3.63, 3.8) is 0 Å². The van der Waals surface area contributed by atoms with Crippen molar-refractivity contribution < 1.29 is 0 Å². The molecule has 0 atom stereocenters. The van der Waals surface area contributed by atoms with Crippen LogP contribution in [-0.4, -0.2) is 14.1 Å². The fraction of sp³-hybridized carbons (Fsp3) is 0. The standard InChI is InChI=1S/C51H31N3S/c1-2-12-35(13-3-1)53-44-19-9-6-14-37(44)42-30-33(24-28-46(42)53)34-25-29-47-43(31-34)38-15-7-10-20-45(38)54(47)36-26-22-32(23-27-36)50-40-17-5-4-16-39(40)49-41-18-8-11-21-48(41)55-51(49)52-50/h1-31H. The van der Waals surface area contributed by atoms with Crippen LogP contribution in [0.5, 0.6) is 0 Å². The second kappa shape index (κ2) is 11.7. The molecule has 0 fully saturated rings. The van der Waals surface area contributed by atoms with Crippen LogP contribution in [0.2, 0.25) is 0 Å². The van der Waals surface area contributed by atoms with E-state index in [-0.39, 0.29) is 0 Å². The highest BCUT2D eigenvalue weighted by Crippen LogP contribution is 2.42. The van der Waals surface area contributed by atoms with E-state index in [9.17, 15) is 0 Å². The summed E-state index contributed by atoms with van der Waals surface area (Å²) in [5.41, 5.74) is 11.7. The molecule has 4 aromatic heterocycles. The van der Waals surface area contributed by atoms with Gasteiger partial charge in [0.2, 0.25) is 0 Å². The SMILES string of the molecule is c1ccc(-n2c3ccccc3c3cc(-c4ccc5c(c4)c4ccccc4n5-c4ccc(-c5nc6sc7ccccc7c6c6ccccc56)cc4)ccc32)cc1. The number of pyridine rings is 1. The van der Waals surface area contributed by atoms with Crippen molar-refractivity contribution in [1.29, 1.82) is 0 Å². The maximum Gasteiger partial charge on any atom is 0.125 e. The van der Waals surface area contributed by atoms with Crippen molar-refractivity contribution in [2.45, 2.75) is 0 Å². The normalized spacial score (nSPS) is 12.0. The highest BCUT2D eigenvalue weighted by Gasteiger charge is 2.18. The summed E-state index contributed by atoms with van der Waals surface area (Å²) in [6, 6.07) is 68.3. The summed E-state index contributed by atoms with van der Waals surface area (Å²) in [5, 5.41) is 9.96. The molecule has 0 saturated heterocycles. The quantitative estimate of drug-likeness (QED) is 0.178. The molecule has 12 rings (SSSR count). The van der Waals surface area contributed by atoms with Crippen LogP contribution < -0.4 is 0 Å². The fourth-order valence-corrected chi connectivity index (χ4v) is 9.96. The first-order chi connectivity index (χ1) is 27.3. The van der Waals surface area contributed by atoms with Gasteiger partial charge in [-0.3, -0.25) is 0 Å². The Morgan fingerprint density at radius 2 is 0.818 bits per heavy atom. The molecule has 0 spiro atoms. The Labute approximate surface area is 320 Å². The first kappa shape index (κ1) is 30.5. The number of thiophene rings is 1. The van der Waals surface area contributed by atoms with Gasteiger partial charge in [-0.25, -0.2) is 4.98 Å². The van der Waals surface area contributed by atoms with Gasteiger partial charge in [0.05, 0.1) is 27.8 Å². The molecule has 0 N–H and O–H groups in total. The minimum absolute atomic E-state index is 1.02. The molecule has 0 aliphatic rings. The van der Waals surface area contributed by atoms with E-state index in [1.807, 2.05) is 0 Å². The molecule has 4 heteroatoms. The van der Waals surface area contributed by atoms with E-state index in [2.05, 4.69) is 197 Å². The zero-order chi connectivity index (χ0) is 36.0. The maximum atomic E-state index is 5.30. The zero-order valence-corrected chi connectivity index (χ0v) is 30.5. The monoisotopic (exact) mass is 717 g/mol. The minimum Gasteiger partial charge on any atom is -0.309 e. The predicted molar refractivity (Wildman–Crippen MR) is 234 cm³/mol. The van der Waals surface area contributed by atoms with Crippen LogP contribution in [0.1, 0.15) is 0 Å². The smallest absolute Gasteiger partial charge is 0.125 e. The summed E-state index contributed by atoms with van der Waals surface area (Å²) in [5.74, 6) is 0. The van der Waals surface area contributed by atoms with Crippen LogP contribution in [0.3, 0.4) is 0 Å². The second-order valence-corrected chi connectivity index (χ2v) is 15.4. The van der Waals surface area contributed by atoms with Gasteiger partial charge in [0.15, 0.2) is 0 Å². The molecule has 0 amide bonds. The van der Waals surface area contributed by atoms with E-state index in [0.29, 0.717) is 0 Å². The molecule has 0 bridgehead atoms. The summed E-state index contributed by atoms with van der Waals surface area (Å²) in [6.45, 7) is 0. The molecular weight excluding hydrogens is 687 g/mol. The van der Waals surface area contributed by atoms with E-state index in [1.165, 1.54) is 86.7 Å². The number of rotatable bonds is 4. The Kier molecular flexibility index (Phi) is 6.50. The lowest BCUT2D eigenvalue weighted by atomic mass is 10.0. The van der Waals surface area contributed by atoms with Crippen LogP contribution in [0.15, 0.2) is 188 Å². The first-order valence-electron chi connectivity index (χ1n) is 18.7. The van der Waals surface area contributed by atoms with E-state index >= 15 is 0 Å². The van der Waals surface area contributed by atoms with Gasteiger partial charge < -0.3 is 9.13 Å². The third-order valence-corrected chi connectivity index (χ3v) is 12.4. The van der Waals surface area contributed by atoms with Crippen LogP contribution >= 0.6 is 11.3 Å². The van der Waals surface area contributed by atoms with Gasteiger partial charge in [-0.2, -0.15) is 0 Å². The van der Waals surface area contributed by atoms with E-state index in [4.69, 9.17) is 4.98 Å². The summed E-state index contributed by atoms with van der Waals surface area (Å²) in [6.07, 6.45) is 0. The van der Waals surface area contributed by atoms with Crippen molar-refractivity contribution >= 4 is 86.0 Å². The molecule has 0 radical (unpaired) electrons.